The van der Waals surface area contributed by atoms with Gasteiger partial charge in [0.1, 0.15) is 0 Å². The number of nitrogens with one attached hydrogen (secondary N) is 1. The Morgan fingerprint density at radius 3 is 2.00 bits per heavy atom. The Labute approximate surface area is 62.1 Å². The minimum Gasteiger partial charge on any atom is -0.396 e. The lowest BCUT2D eigenvalue weighted by Crippen LogP contribution is -2.17. The van der Waals surface area contributed by atoms with E-state index in [0.29, 0.717) is 0 Å². The van der Waals surface area contributed by atoms with Gasteiger partial charge >= 0.3 is 0 Å². The molecular weight excluding hydrogens is 130 g/mol. The van der Waals surface area contributed by atoms with Crippen LogP contribution in [0.15, 0.2) is 0 Å². The van der Waals surface area contributed by atoms with E-state index < -0.39 is 0 Å². The van der Waals surface area contributed by atoms with Crippen molar-refractivity contribution in [2.24, 2.45) is 0 Å². The van der Waals surface area contributed by atoms with Gasteiger partial charge in [0.25, 0.3) is 0 Å². The van der Waals surface area contributed by atoms with Crippen molar-refractivity contribution in [3.05, 3.63) is 0 Å². The summed E-state index contributed by atoms with van der Waals surface area (Å²) in [6.45, 7) is 2.36. The summed E-state index contributed by atoms with van der Waals surface area (Å²) in [6.07, 6.45) is 2.70. The quantitative estimate of drug-likeness (QED) is 0.434. The normalized spacial score (nSPS) is 10.2. The van der Waals surface area contributed by atoms with Gasteiger partial charge in [0.05, 0.1) is 0 Å². The van der Waals surface area contributed by atoms with Crippen molar-refractivity contribution < 1.29 is 10.2 Å². The van der Waals surface area contributed by atoms with Crippen molar-refractivity contribution in [1.29, 1.82) is 0 Å². The number of rotatable bonds is 7. The molecule has 3 heteroatoms. The Kier molecular flexibility index (Phi) is 8.77. The lowest BCUT2D eigenvalue weighted by atomic mass is 10.3. The maximum absolute atomic E-state index is 8.40. The molecule has 0 aromatic carbocycles. The Bertz CT molecular complexity index is 51.6. The standard InChI is InChI=1S/C7H17NO2/c9-6-2-1-4-8-5-3-7-10/h8-10H,1-7H2. The van der Waals surface area contributed by atoms with Gasteiger partial charge in [0.2, 0.25) is 0 Å². The van der Waals surface area contributed by atoms with E-state index in [1.807, 2.05) is 0 Å². The van der Waals surface area contributed by atoms with Crippen LogP contribution < -0.4 is 5.32 Å². The average molecular weight is 147 g/mol. The Morgan fingerprint density at radius 2 is 1.40 bits per heavy atom. The van der Waals surface area contributed by atoms with Crippen LogP contribution in [0.3, 0.4) is 0 Å². The molecule has 0 amide bonds. The highest BCUT2D eigenvalue weighted by Gasteiger charge is 1.86. The maximum atomic E-state index is 8.40. The van der Waals surface area contributed by atoms with Crippen LogP contribution in [-0.4, -0.2) is 36.5 Å². The molecule has 0 atom stereocenters. The van der Waals surface area contributed by atoms with Crippen LogP contribution in [0, 0.1) is 0 Å². The summed E-state index contributed by atoms with van der Waals surface area (Å²) in [7, 11) is 0. The highest BCUT2D eigenvalue weighted by atomic mass is 16.3. The van der Waals surface area contributed by atoms with Crippen LogP contribution in [0.1, 0.15) is 19.3 Å². The summed E-state index contributed by atoms with van der Waals surface area (Å²) in [5, 5.41) is 19.9. The summed E-state index contributed by atoms with van der Waals surface area (Å²) < 4.78 is 0. The second kappa shape index (κ2) is 8.88. The summed E-state index contributed by atoms with van der Waals surface area (Å²) in [5.41, 5.74) is 0. The van der Waals surface area contributed by atoms with Gasteiger partial charge in [-0.15, -0.1) is 0 Å². The monoisotopic (exact) mass is 147 g/mol. The zero-order chi connectivity index (χ0) is 7.66. The van der Waals surface area contributed by atoms with Crippen molar-refractivity contribution >= 4 is 0 Å². The zero-order valence-electron chi connectivity index (χ0n) is 6.34. The molecule has 0 radical (unpaired) electrons. The largest absolute Gasteiger partial charge is 0.396 e. The first-order valence-corrected chi connectivity index (χ1v) is 3.84. The topological polar surface area (TPSA) is 52.5 Å². The fourth-order valence-electron chi connectivity index (χ4n) is 0.691. The molecule has 10 heavy (non-hydrogen) atoms. The molecular formula is C7H17NO2. The van der Waals surface area contributed by atoms with Gasteiger partial charge in [-0.1, -0.05) is 0 Å². The highest BCUT2D eigenvalue weighted by Crippen LogP contribution is 1.83. The van der Waals surface area contributed by atoms with Crippen LogP contribution in [-0.2, 0) is 0 Å². The molecule has 0 heterocycles. The minimum absolute atomic E-state index is 0.257. The molecule has 3 nitrogen and oxygen atoms in total. The van der Waals surface area contributed by atoms with E-state index in [1.165, 1.54) is 0 Å². The first-order valence-electron chi connectivity index (χ1n) is 3.84. The van der Waals surface area contributed by atoms with Gasteiger partial charge in [-0.3, -0.25) is 0 Å². The number of aliphatic hydroxyl groups excluding tert-OH is 2. The molecule has 62 valence electrons. The summed E-state index contributed by atoms with van der Waals surface area (Å²) >= 11 is 0. The predicted octanol–water partition coefficient (Wildman–Crippen LogP) is -0.269. The fourth-order valence-corrected chi connectivity index (χ4v) is 0.691. The van der Waals surface area contributed by atoms with Gasteiger partial charge in [-0.25, -0.2) is 0 Å². The van der Waals surface area contributed by atoms with Crippen molar-refractivity contribution in [2.45, 2.75) is 19.3 Å². The van der Waals surface area contributed by atoms with Crippen LogP contribution >= 0.6 is 0 Å². The summed E-state index contributed by atoms with van der Waals surface area (Å²) in [5.74, 6) is 0. The number of unbranched alkanes of at least 4 members (excludes halogenated alkanes) is 1. The van der Waals surface area contributed by atoms with E-state index >= 15 is 0 Å². The molecule has 3 N–H and O–H groups in total. The summed E-state index contributed by atoms with van der Waals surface area (Å²) in [6, 6.07) is 0. The molecule has 0 aliphatic heterocycles. The van der Waals surface area contributed by atoms with Gasteiger partial charge in [0, 0.05) is 13.2 Å². The third-order valence-corrected chi connectivity index (χ3v) is 1.27. The lowest BCUT2D eigenvalue weighted by Gasteiger charge is -2.00. The van der Waals surface area contributed by atoms with E-state index in [1.54, 1.807) is 0 Å². The van der Waals surface area contributed by atoms with Crippen molar-refractivity contribution in [1.82, 2.24) is 5.32 Å². The van der Waals surface area contributed by atoms with Gasteiger partial charge < -0.3 is 15.5 Å². The van der Waals surface area contributed by atoms with Gasteiger partial charge in [0.15, 0.2) is 0 Å². The second-order valence-electron chi connectivity index (χ2n) is 2.26. The van der Waals surface area contributed by atoms with Crippen molar-refractivity contribution in [3.63, 3.8) is 0 Å². The summed E-state index contributed by atoms with van der Waals surface area (Å²) in [4.78, 5) is 0. The molecule has 0 aliphatic carbocycles. The van der Waals surface area contributed by atoms with Crippen LogP contribution in [0.2, 0.25) is 0 Å². The van der Waals surface area contributed by atoms with Crippen molar-refractivity contribution in [2.75, 3.05) is 26.3 Å². The molecule has 0 bridgehead atoms. The second-order valence-corrected chi connectivity index (χ2v) is 2.26. The molecule has 0 saturated carbocycles. The molecule has 0 aromatic heterocycles. The molecule has 0 rings (SSSR count). The molecule has 0 aromatic rings. The molecule has 0 spiro atoms. The first-order chi connectivity index (χ1) is 4.91. The van der Waals surface area contributed by atoms with Crippen molar-refractivity contribution in [3.8, 4) is 0 Å². The van der Waals surface area contributed by atoms with E-state index in [9.17, 15) is 0 Å². The fraction of sp³-hybridized carbons (Fsp3) is 1.00. The van der Waals surface area contributed by atoms with Crippen LogP contribution in [0.5, 0.6) is 0 Å². The highest BCUT2D eigenvalue weighted by molar-refractivity contribution is 4.46. The molecule has 0 unspecified atom stereocenters. The Morgan fingerprint density at radius 1 is 0.800 bits per heavy atom. The van der Waals surface area contributed by atoms with E-state index in [-0.39, 0.29) is 13.2 Å². The van der Waals surface area contributed by atoms with E-state index in [4.69, 9.17) is 10.2 Å². The number of hydrogen-bond acceptors (Lipinski definition) is 3. The Hall–Kier alpha value is -0.120. The maximum Gasteiger partial charge on any atom is 0.0443 e. The van der Waals surface area contributed by atoms with Crippen LogP contribution in [0.4, 0.5) is 0 Å². The number of aliphatic hydroxyl groups is 2. The third-order valence-electron chi connectivity index (χ3n) is 1.27. The van der Waals surface area contributed by atoms with Gasteiger partial charge in [-0.2, -0.15) is 0 Å². The average Bonchev–Trinajstić information content (AvgIpc) is 1.97. The van der Waals surface area contributed by atoms with Gasteiger partial charge in [-0.05, 0) is 32.4 Å². The lowest BCUT2D eigenvalue weighted by molar-refractivity contribution is 0.278. The molecule has 0 aliphatic rings. The Balaban J connectivity index is 2.65. The molecule has 0 fully saturated rings. The number of hydrogen-bond donors (Lipinski definition) is 3. The van der Waals surface area contributed by atoms with Crippen LogP contribution in [0.25, 0.3) is 0 Å². The smallest absolute Gasteiger partial charge is 0.0443 e. The minimum atomic E-state index is 0.257. The SMILES string of the molecule is OCCCCNCCCO. The molecule has 0 saturated heterocycles. The van der Waals surface area contributed by atoms with E-state index in [2.05, 4.69) is 5.32 Å². The first kappa shape index (κ1) is 9.88. The van der Waals surface area contributed by atoms with E-state index in [0.717, 1.165) is 32.4 Å². The zero-order valence-corrected chi connectivity index (χ0v) is 6.34. The predicted molar refractivity (Wildman–Crippen MR) is 40.9 cm³/mol. The third kappa shape index (κ3) is 7.88.